The Hall–Kier alpha value is -1.95. The van der Waals surface area contributed by atoms with Crippen molar-refractivity contribution in [1.82, 2.24) is 0 Å². The minimum absolute atomic E-state index is 0.302. The number of nitrogens with zero attached hydrogens (tertiary/aromatic N) is 1. The monoisotopic (exact) mass is 394 g/mol. The van der Waals surface area contributed by atoms with E-state index in [-0.39, 0.29) is 5.91 Å². The number of benzene rings is 2. The highest BCUT2D eigenvalue weighted by Crippen LogP contribution is 2.32. The van der Waals surface area contributed by atoms with Gasteiger partial charge in [0, 0.05) is 16.4 Å². The number of nitrogens with one attached hydrogen (secondary N) is 2. The summed E-state index contributed by atoms with van der Waals surface area (Å²) >= 11 is 12.1. The summed E-state index contributed by atoms with van der Waals surface area (Å²) in [5.74, 6) is -0.00711. The molecule has 0 saturated carbocycles. The average molecular weight is 395 g/mol. The van der Waals surface area contributed by atoms with Crippen LogP contribution in [0.4, 0.5) is 11.4 Å². The van der Waals surface area contributed by atoms with E-state index in [2.05, 4.69) is 17.3 Å². The summed E-state index contributed by atoms with van der Waals surface area (Å²) in [4.78, 5) is 16.5. The van der Waals surface area contributed by atoms with E-state index >= 15 is 0 Å². The Labute approximate surface area is 163 Å². The lowest BCUT2D eigenvalue weighted by molar-refractivity contribution is -0.880. The topological polar surface area (TPSA) is 46.0 Å². The second-order valence-electron chi connectivity index (χ2n) is 6.41. The van der Waals surface area contributed by atoms with E-state index in [0.717, 1.165) is 26.2 Å². The van der Waals surface area contributed by atoms with Gasteiger partial charge in [-0.05, 0) is 36.4 Å². The number of ether oxygens (including phenoxy) is 1. The lowest BCUT2D eigenvalue weighted by Crippen LogP contribution is -3.12. The van der Waals surface area contributed by atoms with Gasteiger partial charge in [0.05, 0.1) is 50.9 Å². The number of amides is 1. The van der Waals surface area contributed by atoms with Crippen LogP contribution in [0.15, 0.2) is 36.4 Å². The van der Waals surface area contributed by atoms with Crippen molar-refractivity contribution in [2.45, 2.75) is 0 Å². The van der Waals surface area contributed by atoms with Gasteiger partial charge in [-0.15, -0.1) is 0 Å². The normalized spacial score (nSPS) is 15.0. The summed E-state index contributed by atoms with van der Waals surface area (Å²) in [6.07, 6.45) is 0. The Balaban J connectivity index is 1.72. The van der Waals surface area contributed by atoms with Gasteiger partial charge in [0.2, 0.25) is 0 Å². The lowest BCUT2D eigenvalue weighted by Gasteiger charge is -2.31. The van der Waals surface area contributed by atoms with Crippen molar-refractivity contribution in [2.75, 3.05) is 50.6 Å². The van der Waals surface area contributed by atoms with Crippen LogP contribution in [0.2, 0.25) is 10.0 Å². The molecule has 3 rings (SSSR count). The minimum Gasteiger partial charge on any atom is -0.494 e. The molecule has 1 saturated heterocycles. The molecular weight excluding hydrogens is 373 g/mol. The van der Waals surface area contributed by atoms with E-state index in [1.165, 1.54) is 12.8 Å². The average Bonchev–Trinajstić information content (AvgIpc) is 2.62. The number of carbonyl (C=O) groups is 1. The van der Waals surface area contributed by atoms with E-state index in [4.69, 9.17) is 27.9 Å². The van der Waals surface area contributed by atoms with Crippen molar-refractivity contribution in [3.05, 3.63) is 52.0 Å². The number of hydrogen-bond acceptors (Lipinski definition) is 3. The zero-order valence-electron chi connectivity index (χ0n) is 14.8. The van der Waals surface area contributed by atoms with Gasteiger partial charge in [0.15, 0.2) is 0 Å². The van der Waals surface area contributed by atoms with Crippen LogP contribution in [0, 0.1) is 0 Å². The van der Waals surface area contributed by atoms with Crippen molar-refractivity contribution in [1.29, 1.82) is 0 Å². The molecule has 7 heteroatoms. The zero-order chi connectivity index (χ0) is 18.7. The summed E-state index contributed by atoms with van der Waals surface area (Å²) in [5, 5.41) is 3.55. The summed E-state index contributed by atoms with van der Waals surface area (Å²) in [7, 11) is 3.69. The van der Waals surface area contributed by atoms with Crippen molar-refractivity contribution in [3.8, 4) is 5.75 Å². The Bertz CT molecular complexity index is 788. The fourth-order valence-electron chi connectivity index (χ4n) is 3.04. The fourth-order valence-corrected chi connectivity index (χ4v) is 3.61. The number of quaternary nitrogens is 1. The molecular formula is C19H22Cl2N3O2+. The Kier molecular flexibility index (Phi) is 5.91. The highest BCUT2D eigenvalue weighted by Gasteiger charge is 2.18. The number of hydrogen-bond donors (Lipinski definition) is 2. The van der Waals surface area contributed by atoms with Crippen molar-refractivity contribution >= 4 is 40.5 Å². The number of likely N-dealkylation sites (N-methyl/N-ethyl adjacent to an activating group) is 1. The molecule has 0 bridgehead atoms. The Morgan fingerprint density at radius 2 is 1.81 bits per heavy atom. The van der Waals surface area contributed by atoms with Gasteiger partial charge in [-0.1, -0.05) is 23.2 Å². The molecule has 0 unspecified atom stereocenters. The molecule has 1 heterocycles. The number of halogens is 2. The van der Waals surface area contributed by atoms with Crippen LogP contribution in [-0.4, -0.2) is 46.2 Å². The molecule has 26 heavy (non-hydrogen) atoms. The minimum atomic E-state index is -0.317. The third-order valence-corrected chi connectivity index (χ3v) is 5.06. The molecule has 1 aliphatic rings. The van der Waals surface area contributed by atoms with E-state index in [1.807, 2.05) is 24.3 Å². The van der Waals surface area contributed by atoms with Crippen LogP contribution < -0.4 is 19.9 Å². The summed E-state index contributed by atoms with van der Waals surface area (Å²) in [6.45, 7) is 4.34. The molecule has 2 N–H and O–H groups in total. The number of methoxy groups -OCH3 is 1. The molecule has 2 aromatic rings. The van der Waals surface area contributed by atoms with Crippen molar-refractivity contribution < 1.29 is 14.4 Å². The summed E-state index contributed by atoms with van der Waals surface area (Å²) in [5.41, 5.74) is 2.17. The number of carbonyl (C=O) groups excluding carboxylic acids is 1. The molecule has 2 aromatic carbocycles. The van der Waals surface area contributed by atoms with E-state index in [0.29, 0.717) is 27.0 Å². The summed E-state index contributed by atoms with van der Waals surface area (Å²) < 4.78 is 5.24. The van der Waals surface area contributed by atoms with Gasteiger partial charge >= 0.3 is 0 Å². The van der Waals surface area contributed by atoms with Crippen molar-refractivity contribution in [3.63, 3.8) is 0 Å². The highest BCUT2D eigenvalue weighted by molar-refractivity contribution is 6.36. The predicted molar refractivity (Wildman–Crippen MR) is 106 cm³/mol. The Morgan fingerprint density at radius 1 is 1.15 bits per heavy atom. The maximum Gasteiger partial charge on any atom is 0.259 e. The highest BCUT2D eigenvalue weighted by atomic mass is 35.5. The van der Waals surface area contributed by atoms with Gasteiger partial charge < -0.3 is 19.9 Å². The van der Waals surface area contributed by atoms with Crippen LogP contribution in [0.1, 0.15) is 10.4 Å². The predicted octanol–water partition coefficient (Wildman–Crippen LogP) is 2.59. The molecule has 1 aliphatic heterocycles. The van der Waals surface area contributed by atoms with E-state index in [1.54, 1.807) is 17.0 Å². The van der Waals surface area contributed by atoms with Crippen LogP contribution in [0.5, 0.6) is 5.75 Å². The largest absolute Gasteiger partial charge is 0.494 e. The maximum atomic E-state index is 12.6. The first kappa shape index (κ1) is 18.8. The second-order valence-corrected chi connectivity index (χ2v) is 7.26. The molecule has 0 radical (unpaired) electrons. The van der Waals surface area contributed by atoms with Crippen LogP contribution in [0.3, 0.4) is 0 Å². The molecule has 1 amide bonds. The molecule has 0 aromatic heterocycles. The maximum absolute atomic E-state index is 12.6. The first-order valence-corrected chi connectivity index (χ1v) is 9.24. The molecule has 0 atom stereocenters. The number of anilines is 2. The molecule has 5 nitrogen and oxygen atoms in total. The third-order valence-electron chi connectivity index (χ3n) is 4.56. The molecule has 1 fully saturated rings. The van der Waals surface area contributed by atoms with Crippen molar-refractivity contribution in [2.24, 2.45) is 0 Å². The molecule has 0 aliphatic carbocycles. The standard InChI is InChI=1S/C19H21Cl2N3O2/c1-23-7-9-24(10-8-23)15-5-3-14(4-6-15)22-19(25)16-11-13(20)12-17(21)18(16)26-2/h3-6,11-12H,7-10H2,1-2H3,(H,22,25)/p+1. The van der Waals surface area contributed by atoms with Crippen LogP contribution >= 0.6 is 23.2 Å². The van der Waals surface area contributed by atoms with E-state index in [9.17, 15) is 4.79 Å². The van der Waals surface area contributed by atoms with Crippen LogP contribution in [-0.2, 0) is 0 Å². The van der Waals surface area contributed by atoms with Gasteiger partial charge in [0.25, 0.3) is 5.91 Å². The Morgan fingerprint density at radius 3 is 2.42 bits per heavy atom. The fraction of sp³-hybridized carbons (Fsp3) is 0.316. The zero-order valence-corrected chi connectivity index (χ0v) is 16.3. The van der Waals surface area contributed by atoms with Gasteiger partial charge in [-0.25, -0.2) is 0 Å². The van der Waals surface area contributed by atoms with Gasteiger partial charge in [-0.3, -0.25) is 4.79 Å². The van der Waals surface area contributed by atoms with Gasteiger partial charge in [-0.2, -0.15) is 0 Å². The first-order chi connectivity index (χ1) is 12.5. The van der Waals surface area contributed by atoms with Crippen LogP contribution in [0.25, 0.3) is 0 Å². The molecule has 0 spiro atoms. The molecule has 138 valence electrons. The number of piperazine rings is 1. The number of rotatable bonds is 4. The first-order valence-electron chi connectivity index (χ1n) is 8.48. The quantitative estimate of drug-likeness (QED) is 0.837. The lowest BCUT2D eigenvalue weighted by atomic mass is 10.1. The SMILES string of the molecule is COc1c(Cl)cc(Cl)cc1C(=O)Nc1ccc(N2CC[NH+](C)CC2)cc1. The second kappa shape index (κ2) is 8.16. The smallest absolute Gasteiger partial charge is 0.259 e. The summed E-state index contributed by atoms with van der Waals surface area (Å²) in [6, 6.07) is 10.9. The van der Waals surface area contributed by atoms with E-state index < -0.39 is 0 Å². The third kappa shape index (κ3) is 4.23. The van der Waals surface area contributed by atoms with Gasteiger partial charge in [0.1, 0.15) is 5.75 Å².